The molecule has 0 aliphatic rings. The minimum atomic E-state index is -4.82. The normalized spacial score (nSPS) is 13.0. The van der Waals surface area contributed by atoms with Gasteiger partial charge in [0.15, 0.2) is 11.6 Å². The van der Waals surface area contributed by atoms with Gasteiger partial charge in [0.1, 0.15) is 11.4 Å². The van der Waals surface area contributed by atoms with Crippen LogP contribution >= 0.6 is 11.6 Å². The lowest BCUT2D eigenvalue weighted by atomic mass is 10.2. The van der Waals surface area contributed by atoms with Crippen LogP contribution in [-0.4, -0.2) is 32.5 Å². The van der Waals surface area contributed by atoms with Crippen LogP contribution in [0.4, 0.5) is 22.0 Å². The number of benzene rings is 1. The minimum absolute atomic E-state index is 0.0652. The van der Waals surface area contributed by atoms with Crippen LogP contribution in [0.2, 0.25) is 0 Å². The van der Waals surface area contributed by atoms with Gasteiger partial charge in [0.05, 0.1) is 0 Å². The van der Waals surface area contributed by atoms with Gasteiger partial charge in [-0.25, -0.2) is 17.2 Å². The van der Waals surface area contributed by atoms with E-state index in [2.05, 4.69) is 0 Å². The van der Waals surface area contributed by atoms with Gasteiger partial charge >= 0.3 is 6.18 Å². The molecule has 1 aromatic rings. The summed E-state index contributed by atoms with van der Waals surface area (Å²) in [4.78, 5) is -1.18. The molecule has 0 aromatic heterocycles. The number of sulfonamides is 1. The summed E-state index contributed by atoms with van der Waals surface area (Å²) in [6.45, 7) is -1.82. The van der Waals surface area contributed by atoms with Crippen LogP contribution in [0.15, 0.2) is 17.0 Å². The van der Waals surface area contributed by atoms with E-state index in [9.17, 15) is 30.4 Å². The lowest BCUT2D eigenvalue weighted by Crippen LogP contribution is -2.36. The summed E-state index contributed by atoms with van der Waals surface area (Å²) in [6.07, 6.45) is -4.80. The van der Waals surface area contributed by atoms with Crippen molar-refractivity contribution >= 4 is 21.6 Å². The summed E-state index contributed by atoms with van der Waals surface area (Å²) < 4.78 is 86.8. The van der Waals surface area contributed by atoms with Gasteiger partial charge in [-0.3, -0.25) is 0 Å². The predicted molar refractivity (Wildman–Crippen MR) is 61.8 cm³/mol. The maximum Gasteiger partial charge on any atom is 0.402 e. The maximum absolute atomic E-state index is 13.5. The lowest BCUT2D eigenvalue weighted by molar-refractivity contribution is -0.134. The van der Waals surface area contributed by atoms with Crippen molar-refractivity contribution in [3.63, 3.8) is 0 Å². The Kier molecular flexibility index (Phi) is 4.99. The Balaban J connectivity index is 3.32. The summed E-state index contributed by atoms with van der Waals surface area (Å²) in [6, 6.07) is 1.37. The molecule has 0 heterocycles. The van der Waals surface area contributed by atoms with E-state index in [-0.39, 0.29) is 15.7 Å². The molecule has 1 aromatic carbocycles. The van der Waals surface area contributed by atoms with Gasteiger partial charge in [-0.15, -0.1) is 11.6 Å². The largest absolute Gasteiger partial charge is 0.402 e. The van der Waals surface area contributed by atoms with Crippen molar-refractivity contribution in [3.05, 3.63) is 29.3 Å². The van der Waals surface area contributed by atoms with Crippen molar-refractivity contribution in [2.75, 3.05) is 13.6 Å². The zero-order valence-corrected chi connectivity index (χ0v) is 11.6. The standard InChI is InChI=1S/C10H9ClF5NO2S/c1-17(5-10(14,15)16)20(18,19)8-3-6(4-11)2-7(12)9(8)13/h2-3H,4-5H2,1H3. The lowest BCUT2D eigenvalue weighted by Gasteiger charge is -2.19. The monoisotopic (exact) mass is 337 g/mol. The summed E-state index contributed by atoms with van der Waals surface area (Å²) in [7, 11) is -4.20. The molecule has 0 spiro atoms. The number of alkyl halides is 4. The van der Waals surface area contributed by atoms with Crippen molar-refractivity contribution in [2.24, 2.45) is 0 Å². The van der Waals surface area contributed by atoms with E-state index in [0.717, 1.165) is 0 Å². The van der Waals surface area contributed by atoms with E-state index in [1.165, 1.54) is 0 Å². The highest BCUT2D eigenvalue weighted by Gasteiger charge is 2.36. The second-order valence-electron chi connectivity index (χ2n) is 3.90. The molecule has 0 unspecified atom stereocenters. The molecular weight excluding hydrogens is 329 g/mol. The highest BCUT2D eigenvalue weighted by molar-refractivity contribution is 7.89. The molecule has 0 aliphatic heterocycles. The van der Waals surface area contributed by atoms with Crippen molar-refractivity contribution < 1.29 is 30.4 Å². The molecule has 0 fully saturated rings. The second kappa shape index (κ2) is 5.82. The quantitative estimate of drug-likeness (QED) is 0.626. The summed E-state index contributed by atoms with van der Waals surface area (Å²) >= 11 is 5.38. The van der Waals surface area contributed by atoms with Crippen molar-refractivity contribution in [1.29, 1.82) is 0 Å². The Morgan fingerprint density at radius 3 is 2.25 bits per heavy atom. The number of nitrogens with zero attached hydrogens (tertiary/aromatic N) is 1. The van der Waals surface area contributed by atoms with E-state index in [1.54, 1.807) is 0 Å². The van der Waals surface area contributed by atoms with E-state index in [1.807, 2.05) is 0 Å². The van der Waals surface area contributed by atoms with Crippen molar-refractivity contribution in [2.45, 2.75) is 17.0 Å². The highest BCUT2D eigenvalue weighted by Crippen LogP contribution is 2.26. The average Bonchev–Trinajstić information content (AvgIpc) is 2.29. The van der Waals surface area contributed by atoms with Crippen molar-refractivity contribution in [1.82, 2.24) is 4.31 Å². The molecule has 20 heavy (non-hydrogen) atoms. The van der Waals surface area contributed by atoms with Crippen LogP contribution in [0, 0.1) is 11.6 Å². The zero-order valence-electron chi connectivity index (χ0n) is 10.0. The molecule has 0 aliphatic carbocycles. The molecule has 3 nitrogen and oxygen atoms in total. The summed E-state index contributed by atoms with van der Waals surface area (Å²) in [5.41, 5.74) is -0.0652. The number of hydrogen-bond acceptors (Lipinski definition) is 2. The number of halogens is 6. The summed E-state index contributed by atoms with van der Waals surface area (Å²) in [5, 5.41) is 0. The minimum Gasteiger partial charge on any atom is -0.207 e. The molecule has 10 heteroatoms. The maximum atomic E-state index is 13.5. The Bertz CT molecular complexity index is 602. The molecule has 0 radical (unpaired) electrons. The highest BCUT2D eigenvalue weighted by atomic mass is 35.5. The Hall–Kier alpha value is -0.930. The zero-order chi connectivity index (χ0) is 15.7. The van der Waals surface area contributed by atoms with Crippen LogP contribution in [-0.2, 0) is 15.9 Å². The average molecular weight is 338 g/mol. The van der Waals surface area contributed by atoms with E-state index in [0.29, 0.717) is 19.2 Å². The number of rotatable bonds is 4. The van der Waals surface area contributed by atoms with Crippen LogP contribution in [0.25, 0.3) is 0 Å². The first kappa shape index (κ1) is 17.1. The van der Waals surface area contributed by atoms with Gasteiger partial charge in [0.2, 0.25) is 10.0 Å². The fourth-order valence-electron chi connectivity index (χ4n) is 1.39. The van der Waals surface area contributed by atoms with Gasteiger partial charge in [0.25, 0.3) is 0 Å². The predicted octanol–water partition coefficient (Wildman–Crippen LogP) is 2.89. The van der Waals surface area contributed by atoms with E-state index < -0.39 is 39.3 Å². The van der Waals surface area contributed by atoms with Gasteiger partial charge in [-0.1, -0.05) is 0 Å². The Morgan fingerprint density at radius 1 is 1.25 bits per heavy atom. The first-order valence-corrected chi connectivity index (χ1v) is 7.03. The SMILES string of the molecule is CN(CC(F)(F)F)S(=O)(=O)c1cc(CCl)cc(F)c1F. The Morgan fingerprint density at radius 2 is 1.80 bits per heavy atom. The first-order valence-electron chi connectivity index (χ1n) is 5.06. The smallest absolute Gasteiger partial charge is 0.207 e. The third-order valence-electron chi connectivity index (χ3n) is 2.30. The molecule has 0 atom stereocenters. The molecule has 0 saturated carbocycles. The first-order chi connectivity index (χ1) is 8.99. The Labute approximate surface area is 117 Å². The third kappa shape index (κ3) is 3.80. The van der Waals surface area contributed by atoms with Crippen molar-refractivity contribution in [3.8, 4) is 0 Å². The fraction of sp³-hybridized carbons (Fsp3) is 0.400. The fourth-order valence-corrected chi connectivity index (χ4v) is 2.82. The molecule has 114 valence electrons. The van der Waals surface area contributed by atoms with E-state index >= 15 is 0 Å². The van der Waals surface area contributed by atoms with Gasteiger partial charge in [0, 0.05) is 12.9 Å². The molecular formula is C10H9ClF5NO2S. The van der Waals surface area contributed by atoms with E-state index in [4.69, 9.17) is 11.6 Å². The third-order valence-corrected chi connectivity index (χ3v) is 4.41. The molecule has 0 N–H and O–H groups in total. The van der Waals surface area contributed by atoms with Gasteiger partial charge in [-0.05, 0) is 17.7 Å². The van der Waals surface area contributed by atoms with Crippen LogP contribution in [0.3, 0.4) is 0 Å². The van der Waals surface area contributed by atoms with Crippen LogP contribution in [0.5, 0.6) is 0 Å². The van der Waals surface area contributed by atoms with Gasteiger partial charge < -0.3 is 0 Å². The second-order valence-corrected chi connectivity index (χ2v) is 6.18. The van der Waals surface area contributed by atoms with Crippen LogP contribution < -0.4 is 0 Å². The number of hydrogen-bond donors (Lipinski definition) is 0. The molecule has 1 rings (SSSR count). The molecule has 0 bridgehead atoms. The van der Waals surface area contributed by atoms with Gasteiger partial charge in [-0.2, -0.15) is 17.5 Å². The van der Waals surface area contributed by atoms with Crippen LogP contribution in [0.1, 0.15) is 5.56 Å². The topological polar surface area (TPSA) is 37.4 Å². The summed E-state index contributed by atoms with van der Waals surface area (Å²) in [5.74, 6) is -3.56. The molecule has 0 amide bonds. The molecule has 0 saturated heterocycles.